The van der Waals surface area contributed by atoms with Gasteiger partial charge in [0.2, 0.25) is 0 Å². The van der Waals surface area contributed by atoms with Crippen molar-refractivity contribution in [2.24, 2.45) is 0 Å². The first-order valence-corrected chi connectivity index (χ1v) is 10.2. The highest BCUT2D eigenvalue weighted by molar-refractivity contribution is 6.08. The molecule has 0 saturated heterocycles. The molecule has 4 rings (SSSR count). The van der Waals surface area contributed by atoms with Gasteiger partial charge in [0, 0.05) is 35.4 Å². The van der Waals surface area contributed by atoms with E-state index in [0.717, 1.165) is 53.4 Å². The largest absolute Gasteiger partial charge is 0.393 e. The summed E-state index contributed by atoms with van der Waals surface area (Å²) in [4.78, 5) is 17.6. The lowest BCUT2D eigenvalue weighted by Gasteiger charge is -2.26. The Morgan fingerprint density at radius 3 is 2.66 bits per heavy atom. The Kier molecular flexibility index (Phi) is 5.49. The first-order valence-electron chi connectivity index (χ1n) is 10.2. The highest BCUT2D eigenvalue weighted by atomic mass is 16.3. The summed E-state index contributed by atoms with van der Waals surface area (Å²) >= 11 is 0. The number of carbonyl (C=O) groups is 1. The highest BCUT2D eigenvalue weighted by Gasteiger charge is 2.23. The third kappa shape index (κ3) is 4.24. The first kappa shape index (κ1) is 19.4. The van der Waals surface area contributed by atoms with Crippen molar-refractivity contribution in [3.05, 3.63) is 42.4 Å². The summed E-state index contributed by atoms with van der Waals surface area (Å²) in [6.45, 7) is 4.10. The van der Waals surface area contributed by atoms with Crippen molar-refractivity contribution in [2.75, 3.05) is 5.32 Å². The number of amides is 1. The number of rotatable bonds is 5. The Morgan fingerprint density at radius 2 is 1.97 bits per heavy atom. The molecule has 152 valence electrons. The minimum Gasteiger partial charge on any atom is -0.393 e. The number of carbonyl (C=O) groups excluding carboxylic acids is 1. The lowest BCUT2D eigenvalue weighted by Crippen LogP contribution is -2.39. The van der Waals surface area contributed by atoms with Gasteiger partial charge in [0.1, 0.15) is 0 Å². The second-order valence-corrected chi connectivity index (χ2v) is 8.04. The lowest BCUT2D eigenvalue weighted by molar-refractivity contribution is 0.0868. The van der Waals surface area contributed by atoms with Crippen LogP contribution in [0.4, 0.5) is 5.69 Å². The lowest BCUT2D eigenvalue weighted by atomic mass is 9.93. The summed E-state index contributed by atoms with van der Waals surface area (Å²) in [7, 11) is 0. The number of aliphatic hydroxyl groups excluding tert-OH is 1. The van der Waals surface area contributed by atoms with Crippen molar-refractivity contribution in [3.8, 4) is 11.1 Å². The predicted molar refractivity (Wildman–Crippen MR) is 114 cm³/mol. The number of aromatic nitrogens is 3. The molecule has 2 heterocycles. The summed E-state index contributed by atoms with van der Waals surface area (Å²) in [5.74, 6) is -0.127. The fraction of sp³-hybridized carbons (Fsp3) is 0.409. The topological polar surface area (TPSA) is 103 Å². The Hall–Kier alpha value is -2.93. The molecule has 1 aliphatic carbocycles. The minimum atomic E-state index is -0.245. The van der Waals surface area contributed by atoms with Gasteiger partial charge in [0.25, 0.3) is 5.91 Å². The summed E-state index contributed by atoms with van der Waals surface area (Å²) in [5, 5.41) is 24.1. The summed E-state index contributed by atoms with van der Waals surface area (Å²) in [6, 6.07) is 6.27. The molecular weight excluding hydrogens is 366 g/mol. The third-order valence-corrected chi connectivity index (χ3v) is 5.41. The number of aromatic amines is 1. The van der Waals surface area contributed by atoms with Crippen molar-refractivity contribution in [1.82, 2.24) is 20.5 Å². The van der Waals surface area contributed by atoms with Crippen molar-refractivity contribution in [1.29, 1.82) is 0 Å². The molecule has 0 unspecified atom stereocenters. The maximum atomic E-state index is 13.1. The van der Waals surface area contributed by atoms with Crippen molar-refractivity contribution in [2.45, 2.75) is 57.7 Å². The molecule has 7 nitrogen and oxygen atoms in total. The van der Waals surface area contributed by atoms with Crippen molar-refractivity contribution < 1.29 is 9.90 Å². The molecule has 1 amide bonds. The molecule has 1 aliphatic rings. The van der Waals surface area contributed by atoms with Crippen LogP contribution in [-0.2, 0) is 0 Å². The van der Waals surface area contributed by atoms with Crippen molar-refractivity contribution >= 4 is 22.5 Å². The maximum absolute atomic E-state index is 13.1. The van der Waals surface area contributed by atoms with Gasteiger partial charge in [-0.1, -0.05) is 6.07 Å². The zero-order valence-electron chi connectivity index (χ0n) is 16.8. The number of H-pyrrole nitrogens is 1. The fourth-order valence-electron chi connectivity index (χ4n) is 3.88. The number of fused-ring (bicyclic) bond motifs is 1. The summed E-state index contributed by atoms with van der Waals surface area (Å²) in [5.41, 5.74) is 4.17. The van der Waals surface area contributed by atoms with Gasteiger partial charge in [-0.2, -0.15) is 5.10 Å². The zero-order chi connectivity index (χ0) is 20.4. The molecule has 0 radical (unpaired) electrons. The molecule has 0 aliphatic heterocycles. The molecule has 29 heavy (non-hydrogen) atoms. The number of benzene rings is 1. The zero-order valence-corrected chi connectivity index (χ0v) is 16.8. The molecule has 0 spiro atoms. The number of nitrogens with one attached hydrogen (secondary N) is 3. The van der Waals surface area contributed by atoms with E-state index in [2.05, 4.69) is 39.7 Å². The van der Waals surface area contributed by atoms with Crippen LogP contribution in [0.5, 0.6) is 0 Å². The van der Waals surface area contributed by atoms with E-state index in [1.807, 2.05) is 24.4 Å². The molecule has 2 aromatic heterocycles. The van der Waals surface area contributed by atoms with Crippen molar-refractivity contribution in [3.63, 3.8) is 0 Å². The third-order valence-electron chi connectivity index (χ3n) is 5.41. The number of aliphatic hydroxyl groups is 1. The predicted octanol–water partition coefficient (Wildman–Crippen LogP) is 3.48. The molecule has 1 saturated carbocycles. The van der Waals surface area contributed by atoms with E-state index in [0.29, 0.717) is 5.56 Å². The smallest absolute Gasteiger partial charge is 0.255 e. The fourth-order valence-corrected chi connectivity index (χ4v) is 3.88. The maximum Gasteiger partial charge on any atom is 0.255 e. The Bertz CT molecular complexity index is 992. The van der Waals surface area contributed by atoms with Crippen LogP contribution >= 0.6 is 0 Å². The van der Waals surface area contributed by atoms with Gasteiger partial charge in [0.05, 0.1) is 29.1 Å². The van der Waals surface area contributed by atoms with E-state index >= 15 is 0 Å². The van der Waals surface area contributed by atoms with Gasteiger partial charge in [-0.25, -0.2) is 0 Å². The molecule has 1 aromatic carbocycles. The standard InChI is InChI=1S/C22H27N5O2/c1-13(2)26-21-18-9-14(15-10-24-25-11-15)3-8-20(18)23-12-19(21)22(29)27-16-4-6-17(28)7-5-16/h3,8-13,16-17,28H,4-7H2,1-2H3,(H,23,26)(H,24,25)(H,27,29). The van der Waals surface area contributed by atoms with Gasteiger partial charge in [-0.05, 0) is 57.2 Å². The number of hydrogen-bond donors (Lipinski definition) is 4. The number of nitrogens with zero attached hydrogens (tertiary/aromatic N) is 2. The Labute approximate surface area is 169 Å². The molecular formula is C22H27N5O2. The Morgan fingerprint density at radius 1 is 1.17 bits per heavy atom. The van der Waals surface area contributed by atoms with E-state index in [1.165, 1.54) is 0 Å². The molecule has 4 N–H and O–H groups in total. The summed E-state index contributed by atoms with van der Waals surface area (Å²) < 4.78 is 0. The second kappa shape index (κ2) is 8.21. The van der Waals surface area contributed by atoms with Crippen LogP contribution in [0.2, 0.25) is 0 Å². The van der Waals surface area contributed by atoms with E-state index in [9.17, 15) is 9.90 Å². The van der Waals surface area contributed by atoms with Crippen LogP contribution in [0.1, 0.15) is 49.9 Å². The quantitative estimate of drug-likeness (QED) is 0.531. The molecule has 0 bridgehead atoms. The normalized spacial score (nSPS) is 19.4. The monoisotopic (exact) mass is 393 g/mol. The van der Waals surface area contributed by atoms with Gasteiger partial charge in [-0.3, -0.25) is 14.9 Å². The molecule has 0 atom stereocenters. The van der Waals surface area contributed by atoms with Crippen LogP contribution in [0.15, 0.2) is 36.8 Å². The van der Waals surface area contributed by atoms with Gasteiger partial charge < -0.3 is 15.7 Å². The van der Waals surface area contributed by atoms with E-state index in [4.69, 9.17) is 0 Å². The Balaban J connectivity index is 1.71. The van der Waals surface area contributed by atoms with Crippen LogP contribution in [0.25, 0.3) is 22.0 Å². The SMILES string of the molecule is CC(C)Nc1c(C(=O)NC2CCC(O)CC2)cnc2ccc(-c3cn[nH]c3)cc12. The molecule has 7 heteroatoms. The van der Waals surface area contributed by atoms with Gasteiger partial charge in [0.15, 0.2) is 0 Å². The molecule has 3 aromatic rings. The average molecular weight is 393 g/mol. The number of anilines is 1. The van der Waals surface area contributed by atoms with Crippen LogP contribution in [-0.4, -0.2) is 44.4 Å². The average Bonchev–Trinajstić information content (AvgIpc) is 3.24. The second-order valence-electron chi connectivity index (χ2n) is 8.04. The molecule has 1 fully saturated rings. The van der Waals surface area contributed by atoms with Crippen LogP contribution in [0.3, 0.4) is 0 Å². The van der Waals surface area contributed by atoms with Crippen LogP contribution in [0, 0.1) is 0 Å². The first-order chi connectivity index (χ1) is 14.0. The van der Waals surface area contributed by atoms with E-state index < -0.39 is 0 Å². The van der Waals surface area contributed by atoms with Gasteiger partial charge in [-0.15, -0.1) is 0 Å². The van der Waals surface area contributed by atoms with Gasteiger partial charge >= 0.3 is 0 Å². The number of pyridine rings is 1. The van der Waals surface area contributed by atoms with Crippen LogP contribution < -0.4 is 10.6 Å². The summed E-state index contributed by atoms with van der Waals surface area (Å²) in [6.07, 6.45) is 8.08. The van der Waals surface area contributed by atoms with E-state index in [-0.39, 0.29) is 24.1 Å². The minimum absolute atomic E-state index is 0.0887. The van der Waals surface area contributed by atoms with E-state index in [1.54, 1.807) is 12.4 Å². The number of hydrogen-bond acceptors (Lipinski definition) is 5. The highest BCUT2D eigenvalue weighted by Crippen LogP contribution is 2.31.